The van der Waals surface area contributed by atoms with Crippen molar-refractivity contribution in [1.29, 1.82) is 0 Å². The fourth-order valence-electron chi connectivity index (χ4n) is 3.19. The van der Waals surface area contributed by atoms with E-state index in [0.717, 1.165) is 25.9 Å². The Balaban J connectivity index is 1.73. The summed E-state index contributed by atoms with van der Waals surface area (Å²) in [6.45, 7) is 4.12. The Bertz CT molecular complexity index is 283. The summed E-state index contributed by atoms with van der Waals surface area (Å²) in [5.41, 5.74) is 0. The third-order valence-electron chi connectivity index (χ3n) is 4.66. The number of hydrogen-bond donors (Lipinski definition) is 2. The number of hydrogen-bond acceptors (Lipinski definition) is 3. The normalized spacial score (nSPS) is 26.6. The third kappa shape index (κ3) is 4.46. The lowest BCUT2D eigenvalue weighted by Crippen LogP contribution is -2.50. The van der Waals surface area contributed by atoms with Gasteiger partial charge in [0.1, 0.15) is 0 Å². The maximum absolute atomic E-state index is 12.3. The molecule has 2 rings (SSSR count). The number of likely N-dealkylation sites (N-methyl/N-ethyl adjacent to an activating group) is 1. The Hall–Kier alpha value is -0.610. The van der Waals surface area contributed by atoms with Gasteiger partial charge in [-0.2, -0.15) is 0 Å². The van der Waals surface area contributed by atoms with Crippen molar-refractivity contribution in [3.05, 3.63) is 0 Å². The van der Waals surface area contributed by atoms with E-state index >= 15 is 0 Å². The van der Waals surface area contributed by atoms with Crippen LogP contribution in [0, 0.1) is 0 Å². The van der Waals surface area contributed by atoms with Gasteiger partial charge in [0.2, 0.25) is 5.91 Å². The van der Waals surface area contributed by atoms with Gasteiger partial charge in [-0.15, -0.1) is 0 Å². The van der Waals surface area contributed by atoms with E-state index in [2.05, 4.69) is 22.6 Å². The molecule has 2 unspecified atom stereocenters. The van der Waals surface area contributed by atoms with Gasteiger partial charge in [-0.25, -0.2) is 0 Å². The number of rotatable bonds is 5. The highest BCUT2D eigenvalue weighted by molar-refractivity contribution is 5.81. The minimum absolute atomic E-state index is 0.0238. The van der Waals surface area contributed by atoms with Crippen LogP contribution in [0.1, 0.15) is 51.9 Å². The molecular weight excluding hydrogens is 238 g/mol. The third-order valence-corrected chi connectivity index (χ3v) is 4.66. The van der Waals surface area contributed by atoms with E-state index in [1.807, 2.05) is 6.92 Å². The van der Waals surface area contributed by atoms with Gasteiger partial charge in [0.25, 0.3) is 0 Å². The monoisotopic (exact) mass is 267 g/mol. The van der Waals surface area contributed by atoms with Crippen LogP contribution in [0.3, 0.4) is 0 Å². The van der Waals surface area contributed by atoms with Gasteiger partial charge in [0.05, 0.1) is 6.04 Å². The van der Waals surface area contributed by atoms with E-state index in [1.165, 1.54) is 32.1 Å². The van der Waals surface area contributed by atoms with Gasteiger partial charge in [-0.05, 0) is 46.2 Å². The second kappa shape index (κ2) is 7.25. The van der Waals surface area contributed by atoms with Crippen LogP contribution < -0.4 is 10.6 Å². The minimum atomic E-state index is -0.0238. The SMILES string of the molecule is CC(C(=O)NC1CCCCC1)N(C)CC1CCCN1. The topological polar surface area (TPSA) is 44.4 Å². The second-order valence-corrected chi connectivity index (χ2v) is 6.25. The van der Waals surface area contributed by atoms with Crippen molar-refractivity contribution in [2.45, 2.75) is 70.0 Å². The van der Waals surface area contributed by atoms with Crippen molar-refractivity contribution in [2.75, 3.05) is 20.1 Å². The smallest absolute Gasteiger partial charge is 0.237 e. The van der Waals surface area contributed by atoms with Crippen molar-refractivity contribution < 1.29 is 4.79 Å². The van der Waals surface area contributed by atoms with E-state index in [9.17, 15) is 4.79 Å². The Labute approximate surface area is 117 Å². The van der Waals surface area contributed by atoms with Gasteiger partial charge in [-0.1, -0.05) is 19.3 Å². The first-order valence-electron chi connectivity index (χ1n) is 7.91. The molecule has 2 atom stereocenters. The van der Waals surface area contributed by atoms with Gasteiger partial charge < -0.3 is 10.6 Å². The molecule has 1 aliphatic carbocycles. The lowest BCUT2D eigenvalue weighted by molar-refractivity contribution is -0.126. The van der Waals surface area contributed by atoms with E-state index in [0.29, 0.717) is 12.1 Å². The molecule has 0 aromatic carbocycles. The maximum Gasteiger partial charge on any atom is 0.237 e. The van der Waals surface area contributed by atoms with Crippen LogP contribution >= 0.6 is 0 Å². The molecule has 4 heteroatoms. The first-order chi connectivity index (χ1) is 9.16. The maximum atomic E-state index is 12.3. The summed E-state index contributed by atoms with van der Waals surface area (Å²) in [7, 11) is 2.06. The Morgan fingerprint density at radius 2 is 2.00 bits per heavy atom. The summed E-state index contributed by atoms with van der Waals surface area (Å²) < 4.78 is 0. The van der Waals surface area contributed by atoms with Crippen molar-refractivity contribution in [2.24, 2.45) is 0 Å². The van der Waals surface area contributed by atoms with Crippen LogP contribution in [-0.4, -0.2) is 49.1 Å². The molecule has 1 amide bonds. The van der Waals surface area contributed by atoms with Crippen LogP contribution in [0.4, 0.5) is 0 Å². The molecule has 0 aromatic heterocycles. The van der Waals surface area contributed by atoms with Crippen LogP contribution in [0.5, 0.6) is 0 Å². The molecule has 1 heterocycles. The summed E-state index contributed by atoms with van der Waals surface area (Å²) in [4.78, 5) is 14.4. The molecule has 0 aromatic rings. The summed E-state index contributed by atoms with van der Waals surface area (Å²) in [5, 5.41) is 6.71. The molecule has 1 saturated carbocycles. The number of carbonyl (C=O) groups is 1. The molecule has 2 N–H and O–H groups in total. The zero-order valence-corrected chi connectivity index (χ0v) is 12.5. The fraction of sp³-hybridized carbons (Fsp3) is 0.933. The molecule has 1 saturated heterocycles. The molecule has 0 bridgehead atoms. The molecule has 0 radical (unpaired) electrons. The Morgan fingerprint density at radius 3 is 2.63 bits per heavy atom. The predicted octanol–water partition coefficient (Wildman–Crippen LogP) is 1.51. The second-order valence-electron chi connectivity index (χ2n) is 6.25. The van der Waals surface area contributed by atoms with E-state index in [4.69, 9.17) is 0 Å². The summed E-state index contributed by atoms with van der Waals surface area (Å²) in [5.74, 6) is 0.201. The number of nitrogens with zero attached hydrogens (tertiary/aromatic N) is 1. The first kappa shape index (κ1) is 14.8. The van der Waals surface area contributed by atoms with Crippen LogP contribution in [0.25, 0.3) is 0 Å². The fourth-order valence-corrected chi connectivity index (χ4v) is 3.19. The Kier molecular flexibility index (Phi) is 5.64. The first-order valence-corrected chi connectivity index (χ1v) is 7.91. The highest BCUT2D eigenvalue weighted by Gasteiger charge is 2.24. The average Bonchev–Trinajstić information content (AvgIpc) is 2.91. The standard InChI is InChI=1S/C15H29N3O/c1-12(18(2)11-14-9-6-10-16-14)15(19)17-13-7-4-3-5-8-13/h12-14,16H,3-11H2,1-2H3,(H,17,19). The van der Waals surface area contributed by atoms with E-state index in [1.54, 1.807) is 0 Å². The van der Waals surface area contributed by atoms with Gasteiger partial charge in [0, 0.05) is 18.6 Å². The molecule has 19 heavy (non-hydrogen) atoms. The van der Waals surface area contributed by atoms with Crippen molar-refractivity contribution in [3.63, 3.8) is 0 Å². The van der Waals surface area contributed by atoms with Crippen molar-refractivity contribution >= 4 is 5.91 Å². The van der Waals surface area contributed by atoms with E-state index < -0.39 is 0 Å². The van der Waals surface area contributed by atoms with Crippen molar-refractivity contribution in [1.82, 2.24) is 15.5 Å². The average molecular weight is 267 g/mol. The lowest BCUT2D eigenvalue weighted by Gasteiger charge is -2.29. The molecule has 1 aliphatic heterocycles. The molecule has 2 fully saturated rings. The lowest BCUT2D eigenvalue weighted by atomic mass is 9.95. The number of carbonyl (C=O) groups excluding carboxylic acids is 1. The number of nitrogens with one attached hydrogen (secondary N) is 2. The van der Waals surface area contributed by atoms with Gasteiger partial charge in [0.15, 0.2) is 0 Å². The highest BCUT2D eigenvalue weighted by Crippen LogP contribution is 2.17. The molecule has 0 spiro atoms. The van der Waals surface area contributed by atoms with Gasteiger partial charge >= 0.3 is 0 Å². The van der Waals surface area contributed by atoms with Crippen LogP contribution in [-0.2, 0) is 4.79 Å². The zero-order chi connectivity index (χ0) is 13.7. The highest BCUT2D eigenvalue weighted by atomic mass is 16.2. The van der Waals surface area contributed by atoms with E-state index in [-0.39, 0.29) is 11.9 Å². The molecular formula is C15H29N3O. The zero-order valence-electron chi connectivity index (χ0n) is 12.5. The Morgan fingerprint density at radius 1 is 1.26 bits per heavy atom. The van der Waals surface area contributed by atoms with Crippen LogP contribution in [0.2, 0.25) is 0 Å². The largest absolute Gasteiger partial charge is 0.352 e. The minimum Gasteiger partial charge on any atom is -0.352 e. The molecule has 4 nitrogen and oxygen atoms in total. The van der Waals surface area contributed by atoms with Crippen molar-refractivity contribution in [3.8, 4) is 0 Å². The van der Waals surface area contributed by atoms with Gasteiger partial charge in [-0.3, -0.25) is 9.69 Å². The molecule has 110 valence electrons. The number of amides is 1. The summed E-state index contributed by atoms with van der Waals surface area (Å²) in [6.07, 6.45) is 8.68. The predicted molar refractivity (Wildman–Crippen MR) is 78.1 cm³/mol. The van der Waals surface area contributed by atoms with Crippen LogP contribution in [0.15, 0.2) is 0 Å². The quantitative estimate of drug-likeness (QED) is 0.793. The summed E-state index contributed by atoms with van der Waals surface area (Å²) >= 11 is 0. The summed E-state index contributed by atoms with van der Waals surface area (Å²) in [6, 6.07) is 0.959. The molecule has 2 aliphatic rings.